The van der Waals surface area contributed by atoms with Gasteiger partial charge in [0, 0.05) is 24.8 Å². The number of nitrogens with one attached hydrogen (secondary N) is 1. The lowest BCUT2D eigenvalue weighted by molar-refractivity contribution is 0.237. The average Bonchev–Trinajstić information content (AvgIpc) is 2.40. The molecule has 0 aromatic heterocycles. The fourth-order valence-corrected chi connectivity index (χ4v) is 2.49. The third kappa shape index (κ3) is 5.11. The summed E-state index contributed by atoms with van der Waals surface area (Å²) in [5.41, 5.74) is 1.15. The van der Waals surface area contributed by atoms with Crippen molar-refractivity contribution < 1.29 is 4.74 Å². The van der Waals surface area contributed by atoms with E-state index in [9.17, 15) is 0 Å². The monoisotopic (exact) mass is 262 g/mol. The maximum atomic E-state index is 5.70. The van der Waals surface area contributed by atoms with Crippen LogP contribution < -0.4 is 10.1 Å². The first-order chi connectivity index (χ1) is 9.24. The Bertz CT molecular complexity index is 373. The molecule has 0 bridgehead atoms. The molecule has 0 amide bonds. The van der Waals surface area contributed by atoms with E-state index in [2.05, 4.69) is 36.2 Å². The van der Waals surface area contributed by atoms with Crippen LogP contribution in [0, 0.1) is 0 Å². The van der Waals surface area contributed by atoms with E-state index < -0.39 is 0 Å². The molecule has 1 heterocycles. The summed E-state index contributed by atoms with van der Waals surface area (Å²) in [6.07, 6.45) is 4.34. The molecule has 2 rings (SSSR count). The topological polar surface area (TPSA) is 24.5 Å². The molecule has 0 spiro atoms. The molecule has 1 saturated heterocycles. The highest BCUT2D eigenvalue weighted by Crippen LogP contribution is 2.18. The van der Waals surface area contributed by atoms with E-state index in [1.54, 1.807) is 0 Å². The number of nitrogens with zero attached hydrogens (tertiary/aromatic N) is 1. The molecular weight excluding hydrogens is 236 g/mol. The van der Waals surface area contributed by atoms with Crippen molar-refractivity contribution in [1.29, 1.82) is 0 Å². The zero-order chi connectivity index (χ0) is 13.5. The zero-order valence-electron chi connectivity index (χ0n) is 12.2. The van der Waals surface area contributed by atoms with Crippen molar-refractivity contribution in [3.63, 3.8) is 0 Å². The van der Waals surface area contributed by atoms with Crippen LogP contribution in [0.3, 0.4) is 0 Å². The van der Waals surface area contributed by atoms with Crippen LogP contribution >= 0.6 is 0 Å². The van der Waals surface area contributed by atoms with E-state index in [-0.39, 0.29) is 6.10 Å². The van der Waals surface area contributed by atoms with E-state index in [1.165, 1.54) is 32.4 Å². The Kier molecular flexibility index (Phi) is 5.52. The van der Waals surface area contributed by atoms with Gasteiger partial charge in [0.15, 0.2) is 0 Å². The molecule has 3 heteroatoms. The molecule has 0 unspecified atom stereocenters. The first kappa shape index (κ1) is 14.2. The second-order valence-electron chi connectivity index (χ2n) is 5.52. The predicted octanol–water partition coefficient (Wildman–Crippen LogP) is 3.37. The summed E-state index contributed by atoms with van der Waals surface area (Å²) >= 11 is 0. The molecule has 1 fully saturated rings. The second kappa shape index (κ2) is 7.39. The van der Waals surface area contributed by atoms with E-state index in [0.717, 1.165) is 24.5 Å². The van der Waals surface area contributed by atoms with Gasteiger partial charge in [0.05, 0.1) is 6.10 Å². The number of hydrogen-bond acceptors (Lipinski definition) is 3. The van der Waals surface area contributed by atoms with Crippen LogP contribution in [-0.4, -0.2) is 37.2 Å². The summed E-state index contributed by atoms with van der Waals surface area (Å²) < 4.78 is 5.70. The fourth-order valence-electron chi connectivity index (χ4n) is 2.49. The van der Waals surface area contributed by atoms with Crippen LogP contribution in [0.5, 0.6) is 5.75 Å². The highest BCUT2D eigenvalue weighted by atomic mass is 16.5. The molecule has 19 heavy (non-hydrogen) atoms. The molecule has 1 N–H and O–H groups in total. The molecule has 106 valence electrons. The fraction of sp³-hybridized carbons (Fsp3) is 0.625. The van der Waals surface area contributed by atoms with Crippen LogP contribution in [0.1, 0.15) is 33.1 Å². The van der Waals surface area contributed by atoms with Gasteiger partial charge in [-0.25, -0.2) is 0 Å². The predicted molar refractivity (Wildman–Crippen MR) is 81.0 cm³/mol. The molecule has 0 radical (unpaired) electrons. The van der Waals surface area contributed by atoms with Crippen LogP contribution in [0.25, 0.3) is 0 Å². The van der Waals surface area contributed by atoms with Crippen LogP contribution in [0.15, 0.2) is 24.3 Å². The summed E-state index contributed by atoms with van der Waals surface area (Å²) in [5, 5.41) is 3.48. The number of likely N-dealkylation sites (tertiary alicyclic amines) is 1. The second-order valence-corrected chi connectivity index (χ2v) is 5.52. The van der Waals surface area contributed by atoms with Crippen LogP contribution in [0.2, 0.25) is 0 Å². The van der Waals surface area contributed by atoms with Gasteiger partial charge in [0.1, 0.15) is 5.75 Å². The molecule has 3 nitrogen and oxygen atoms in total. The molecule has 0 aliphatic carbocycles. The Labute approximate surface area is 116 Å². The van der Waals surface area contributed by atoms with Crippen LogP contribution in [0.4, 0.5) is 5.69 Å². The Balaban J connectivity index is 1.75. The van der Waals surface area contributed by atoms with Gasteiger partial charge in [-0.3, -0.25) is 0 Å². The van der Waals surface area contributed by atoms with Crippen molar-refractivity contribution in [2.75, 3.05) is 31.5 Å². The van der Waals surface area contributed by atoms with Crippen molar-refractivity contribution in [2.24, 2.45) is 0 Å². The van der Waals surface area contributed by atoms with Gasteiger partial charge in [-0.2, -0.15) is 0 Å². The minimum absolute atomic E-state index is 0.226. The lowest BCUT2D eigenvalue weighted by Gasteiger charge is -2.26. The number of hydrogen-bond donors (Lipinski definition) is 1. The van der Waals surface area contributed by atoms with Gasteiger partial charge in [0.2, 0.25) is 0 Å². The van der Waals surface area contributed by atoms with E-state index in [4.69, 9.17) is 4.74 Å². The first-order valence-corrected chi connectivity index (χ1v) is 7.47. The highest BCUT2D eigenvalue weighted by molar-refractivity contribution is 5.48. The molecule has 1 aliphatic heterocycles. The molecule has 0 saturated carbocycles. The third-order valence-electron chi connectivity index (χ3n) is 3.41. The zero-order valence-corrected chi connectivity index (χ0v) is 12.2. The molecule has 0 atom stereocenters. The summed E-state index contributed by atoms with van der Waals surface area (Å²) in [6.45, 7) is 8.77. The van der Waals surface area contributed by atoms with Gasteiger partial charge in [0.25, 0.3) is 0 Å². The summed E-state index contributed by atoms with van der Waals surface area (Å²) in [6, 6.07) is 8.23. The number of benzene rings is 1. The number of anilines is 1. The van der Waals surface area contributed by atoms with Gasteiger partial charge in [-0.15, -0.1) is 0 Å². The molecule has 1 aliphatic rings. The van der Waals surface area contributed by atoms with Crippen molar-refractivity contribution in [3.8, 4) is 5.75 Å². The Hall–Kier alpha value is -1.22. The standard InChI is InChI=1S/C16H26N2O/c1-14(2)19-16-8-6-7-15(13-16)17-9-12-18-10-4-3-5-11-18/h6-8,13-14,17H,3-5,9-12H2,1-2H3. The molecular formula is C16H26N2O. The maximum absolute atomic E-state index is 5.70. The van der Waals surface area contributed by atoms with Crippen LogP contribution in [-0.2, 0) is 0 Å². The number of rotatable bonds is 6. The van der Waals surface area contributed by atoms with Crippen molar-refractivity contribution in [1.82, 2.24) is 4.90 Å². The van der Waals surface area contributed by atoms with Gasteiger partial charge in [-0.05, 0) is 51.9 Å². The minimum atomic E-state index is 0.226. The van der Waals surface area contributed by atoms with Crippen molar-refractivity contribution >= 4 is 5.69 Å². The molecule has 1 aromatic carbocycles. The molecule has 1 aromatic rings. The Morgan fingerprint density at radius 3 is 2.74 bits per heavy atom. The lowest BCUT2D eigenvalue weighted by atomic mass is 10.1. The number of ether oxygens (including phenoxy) is 1. The Morgan fingerprint density at radius 1 is 1.21 bits per heavy atom. The minimum Gasteiger partial charge on any atom is -0.491 e. The SMILES string of the molecule is CC(C)Oc1cccc(NCCN2CCCCC2)c1. The maximum Gasteiger partial charge on any atom is 0.121 e. The van der Waals surface area contributed by atoms with Crippen molar-refractivity contribution in [3.05, 3.63) is 24.3 Å². The largest absolute Gasteiger partial charge is 0.491 e. The summed E-state index contributed by atoms with van der Waals surface area (Å²) in [4.78, 5) is 2.55. The van der Waals surface area contributed by atoms with Crippen molar-refractivity contribution in [2.45, 2.75) is 39.2 Å². The smallest absolute Gasteiger partial charge is 0.121 e. The summed E-state index contributed by atoms with van der Waals surface area (Å²) in [5.74, 6) is 0.943. The first-order valence-electron chi connectivity index (χ1n) is 7.47. The van der Waals surface area contributed by atoms with E-state index >= 15 is 0 Å². The third-order valence-corrected chi connectivity index (χ3v) is 3.41. The van der Waals surface area contributed by atoms with Gasteiger partial charge in [-0.1, -0.05) is 12.5 Å². The Morgan fingerprint density at radius 2 is 2.00 bits per heavy atom. The highest BCUT2D eigenvalue weighted by Gasteiger charge is 2.08. The van der Waals surface area contributed by atoms with Gasteiger partial charge >= 0.3 is 0 Å². The normalized spacial score (nSPS) is 16.6. The number of piperidine rings is 1. The van der Waals surface area contributed by atoms with E-state index in [1.807, 2.05) is 12.1 Å². The lowest BCUT2D eigenvalue weighted by Crippen LogP contribution is -2.33. The summed E-state index contributed by atoms with van der Waals surface area (Å²) in [7, 11) is 0. The van der Waals surface area contributed by atoms with Gasteiger partial charge < -0.3 is 15.0 Å². The average molecular weight is 262 g/mol. The van der Waals surface area contributed by atoms with E-state index in [0.29, 0.717) is 0 Å². The quantitative estimate of drug-likeness (QED) is 0.850.